The van der Waals surface area contributed by atoms with Crippen molar-refractivity contribution in [2.45, 2.75) is 39.3 Å². The third-order valence-corrected chi connectivity index (χ3v) is 3.13. The van der Waals surface area contributed by atoms with Gasteiger partial charge >= 0.3 is 12.1 Å². The van der Waals surface area contributed by atoms with Crippen LogP contribution in [0.2, 0.25) is 0 Å². The van der Waals surface area contributed by atoms with Crippen molar-refractivity contribution in [1.82, 2.24) is 4.90 Å². The second-order valence-corrected chi connectivity index (χ2v) is 4.63. The molecule has 0 bridgehead atoms. The van der Waals surface area contributed by atoms with Gasteiger partial charge in [-0.2, -0.15) is 0 Å². The van der Waals surface area contributed by atoms with E-state index < -0.39 is 12.1 Å². The van der Waals surface area contributed by atoms with Crippen molar-refractivity contribution in [3.8, 4) is 0 Å². The van der Waals surface area contributed by atoms with E-state index in [1.807, 2.05) is 44.2 Å². The second-order valence-electron chi connectivity index (χ2n) is 4.63. The second kappa shape index (κ2) is 8.19. The molecule has 110 valence electrons. The zero-order valence-corrected chi connectivity index (χ0v) is 11.9. The highest BCUT2D eigenvalue weighted by Gasteiger charge is 2.21. The lowest BCUT2D eigenvalue weighted by atomic mass is 10.2. The lowest BCUT2D eigenvalue weighted by Crippen LogP contribution is -2.40. The van der Waals surface area contributed by atoms with Crippen LogP contribution in [0.3, 0.4) is 0 Å². The molecule has 1 aromatic carbocycles. The van der Waals surface area contributed by atoms with E-state index in [9.17, 15) is 9.59 Å². The van der Waals surface area contributed by atoms with Crippen LogP contribution in [-0.2, 0) is 16.1 Å². The molecule has 0 spiro atoms. The van der Waals surface area contributed by atoms with Crippen LogP contribution >= 0.6 is 0 Å². The van der Waals surface area contributed by atoms with Gasteiger partial charge in [-0.3, -0.25) is 4.79 Å². The van der Waals surface area contributed by atoms with E-state index in [4.69, 9.17) is 9.84 Å². The first-order chi connectivity index (χ1) is 9.54. The molecule has 0 aliphatic heterocycles. The number of nitrogens with zero attached hydrogens (tertiary/aromatic N) is 1. The number of carboxylic acid groups (broad SMARTS) is 1. The van der Waals surface area contributed by atoms with Gasteiger partial charge in [-0.1, -0.05) is 37.3 Å². The predicted octanol–water partition coefficient (Wildman–Crippen LogP) is 2.90. The minimum Gasteiger partial charge on any atom is -0.481 e. The number of hydrogen-bond donors (Lipinski definition) is 1. The van der Waals surface area contributed by atoms with Gasteiger partial charge in [0.05, 0.1) is 6.42 Å². The standard InChI is InChI=1S/C15H21NO4/c1-3-12(2)16(10-9-14(17)18)15(19)20-11-13-7-5-4-6-8-13/h4-8,12H,3,9-11H2,1-2H3,(H,17,18). The van der Waals surface area contributed by atoms with Crippen molar-refractivity contribution in [1.29, 1.82) is 0 Å². The van der Waals surface area contributed by atoms with Crippen LogP contribution in [0, 0.1) is 0 Å². The van der Waals surface area contributed by atoms with E-state index in [1.165, 1.54) is 4.90 Å². The van der Waals surface area contributed by atoms with Gasteiger partial charge in [0.15, 0.2) is 0 Å². The minimum atomic E-state index is -0.922. The molecule has 1 rings (SSSR count). The lowest BCUT2D eigenvalue weighted by molar-refractivity contribution is -0.137. The molecule has 0 radical (unpaired) electrons. The number of aliphatic carboxylic acids is 1. The fraction of sp³-hybridized carbons (Fsp3) is 0.467. The Morgan fingerprint density at radius 1 is 1.30 bits per heavy atom. The molecule has 0 aliphatic rings. The summed E-state index contributed by atoms with van der Waals surface area (Å²) in [6.45, 7) is 4.19. The van der Waals surface area contributed by atoms with Gasteiger partial charge in [-0.25, -0.2) is 4.79 Å². The number of amides is 1. The van der Waals surface area contributed by atoms with Crippen LogP contribution in [0.4, 0.5) is 4.79 Å². The molecule has 5 heteroatoms. The average molecular weight is 279 g/mol. The first-order valence-electron chi connectivity index (χ1n) is 6.73. The minimum absolute atomic E-state index is 0.0439. The van der Waals surface area contributed by atoms with Crippen molar-refractivity contribution < 1.29 is 19.4 Å². The van der Waals surface area contributed by atoms with E-state index in [0.29, 0.717) is 0 Å². The number of ether oxygens (including phenoxy) is 1. The Morgan fingerprint density at radius 2 is 1.95 bits per heavy atom. The molecule has 1 N–H and O–H groups in total. The molecular formula is C15H21NO4. The summed E-state index contributed by atoms with van der Waals surface area (Å²) >= 11 is 0. The first kappa shape index (κ1) is 16.0. The SMILES string of the molecule is CCC(C)N(CCC(=O)O)C(=O)OCc1ccccc1. The molecule has 1 amide bonds. The molecule has 0 fully saturated rings. The molecule has 0 heterocycles. The summed E-state index contributed by atoms with van der Waals surface area (Å²) in [5, 5.41) is 8.73. The summed E-state index contributed by atoms with van der Waals surface area (Å²) in [4.78, 5) is 24.1. The summed E-state index contributed by atoms with van der Waals surface area (Å²) in [5.41, 5.74) is 0.906. The predicted molar refractivity (Wildman–Crippen MR) is 75.3 cm³/mol. The molecule has 5 nitrogen and oxygen atoms in total. The Hall–Kier alpha value is -2.04. The van der Waals surface area contributed by atoms with Crippen LogP contribution in [0.1, 0.15) is 32.3 Å². The van der Waals surface area contributed by atoms with Crippen molar-refractivity contribution in [3.05, 3.63) is 35.9 Å². The Balaban J connectivity index is 2.56. The maximum atomic E-state index is 12.0. The first-order valence-corrected chi connectivity index (χ1v) is 6.73. The third kappa shape index (κ3) is 5.30. The highest BCUT2D eigenvalue weighted by molar-refractivity contribution is 5.70. The maximum absolute atomic E-state index is 12.0. The number of rotatable bonds is 7. The highest BCUT2D eigenvalue weighted by Crippen LogP contribution is 2.09. The van der Waals surface area contributed by atoms with Gasteiger partial charge < -0.3 is 14.7 Å². The summed E-state index contributed by atoms with van der Waals surface area (Å²) in [6, 6.07) is 9.34. The Kier molecular flexibility index (Phi) is 6.56. The van der Waals surface area contributed by atoms with Crippen molar-refractivity contribution in [2.75, 3.05) is 6.54 Å². The molecular weight excluding hydrogens is 258 g/mol. The smallest absolute Gasteiger partial charge is 0.410 e. The Morgan fingerprint density at radius 3 is 2.50 bits per heavy atom. The number of benzene rings is 1. The molecule has 20 heavy (non-hydrogen) atoms. The lowest BCUT2D eigenvalue weighted by Gasteiger charge is -2.27. The highest BCUT2D eigenvalue weighted by atomic mass is 16.6. The number of carbonyl (C=O) groups is 2. The van der Waals surface area contributed by atoms with Gasteiger partial charge in [0, 0.05) is 12.6 Å². The zero-order chi connectivity index (χ0) is 15.0. The van der Waals surface area contributed by atoms with Crippen LogP contribution in [0.5, 0.6) is 0 Å². The number of hydrogen-bond acceptors (Lipinski definition) is 3. The van der Waals surface area contributed by atoms with Gasteiger partial charge in [0.2, 0.25) is 0 Å². The molecule has 1 aromatic rings. The molecule has 0 saturated heterocycles. The molecule has 0 aromatic heterocycles. The van der Waals surface area contributed by atoms with Gasteiger partial charge in [-0.15, -0.1) is 0 Å². The van der Waals surface area contributed by atoms with Crippen molar-refractivity contribution in [2.24, 2.45) is 0 Å². The summed E-state index contributed by atoms with van der Waals surface area (Å²) in [7, 11) is 0. The topological polar surface area (TPSA) is 66.8 Å². The Bertz CT molecular complexity index is 433. The summed E-state index contributed by atoms with van der Waals surface area (Å²) < 4.78 is 5.24. The monoisotopic (exact) mass is 279 g/mol. The van der Waals surface area contributed by atoms with E-state index in [0.717, 1.165) is 12.0 Å². The van der Waals surface area contributed by atoms with Crippen LogP contribution in [-0.4, -0.2) is 34.7 Å². The van der Waals surface area contributed by atoms with Crippen LogP contribution < -0.4 is 0 Å². The van der Waals surface area contributed by atoms with E-state index in [2.05, 4.69) is 0 Å². The largest absolute Gasteiger partial charge is 0.481 e. The molecule has 1 unspecified atom stereocenters. The number of carbonyl (C=O) groups excluding carboxylic acids is 1. The molecule has 1 atom stereocenters. The van der Waals surface area contributed by atoms with Gasteiger partial charge in [0.25, 0.3) is 0 Å². The molecule has 0 aliphatic carbocycles. The van der Waals surface area contributed by atoms with Crippen LogP contribution in [0.15, 0.2) is 30.3 Å². The van der Waals surface area contributed by atoms with Crippen molar-refractivity contribution >= 4 is 12.1 Å². The fourth-order valence-corrected chi connectivity index (χ4v) is 1.73. The number of carboxylic acids is 1. The fourth-order valence-electron chi connectivity index (χ4n) is 1.73. The summed E-state index contributed by atoms with van der Waals surface area (Å²) in [6.07, 6.45) is 0.203. The normalized spacial score (nSPS) is 11.7. The average Bonchev–Trinajstić information content (AvgIpc) is 2.45. The maximum Gasteiger partial charge on any atom is 0.410 e. The van der Waals surface area contributed by atoms with E-state index >= 15 is 0 Å². The van der Waals surface area contributed by atoms with E-state index in [1.54, 1.807) is 0 Å². The Labute approximate surface area is 119 Å². The van der Waals surface area contributed by atoms with Crippen molar-refractivity contribution in [3.63, 3.8) is 0 Å². The quantitative estimate of drug-likeness (QED) is 0.833. The van der Waals surface area contributed by atoms with Crippen LogP contribution in [0.25, 0.3) is 0 Å². The summed E-state index contributed by atoms with van der Waals surface area (Å²) in [5.74, 6) is -0.922. The zero-order valence-electron chi connectivity index (χ0n) is 11.9. The third-order valence-electron chi connectivity index (χ3n) is 3.13. The van der Waals surface area contributed by atoms with Gasteiger partial charge in [-0.05, 0) is 18.9 Å². The molecule has 0 saturated carbocycles. The van der Waals surface area contributed by atoms with E-state index in [-0.39, 0.29) is 25.6 Å². The van der Waals surface area contributed by atoms with Gasteiger partial charge in [0.1, 0.15) is 6.61 Å².